The first kappa shape index (κ1) is 22.1. The molecule has 158 valence electrons. The Morgan fingerprint density at radius 2 is 0.833 bits per heavy atom. The Morgan fingerprint density at radius 3 is 1.10 bits per heavy atom. The van der Waals surface area contributed by atoms with Crippen LogP contribution in [0.5, 0.6) is 0 Å². The first-order valence-corrected chi connectivity index (χ1v) is 11.4. The van der Waals surface area contributed by atoms with Gasteiger partial charge >= 0.3 is 0 Å². The van der Waals surface area contributed by atoms with E-state index >= 15 is 0 Å². The van der Waals surface area contributed by atoms with Crippen LogP contribution in [0.3, 0.4) is 0 Å². The number of thiol groups is 1. The van der Waals surface area contributed by atoms with E-state index in [1.165, 1.54) is 11.1 Å². The van der Waals surface area contributed by atoms with Gasteiger partial charge in [-0.25, -0.2) is 8.42 Å². The average molecular weight is 422 g/mol. The number of rotatable bonds is 4. The molecule has 0 amide bonds. The standard InChI is InChI=1S/C26H31NO2S/c1-25(2,3)19-7-11-21(12-8-19)27(23-15-17-24(18-16-23)30(28)29)22-13-9-20(10-14-22)26(4,5)6/h7-18,30H,1-6H3. The van der Waals surface area contributed by atoms with E-state index in [-0.39, 0.29) is 10.8 Å². The van der Waals surface area contributed by atoms with E-state index < -0.39 is 10.7 Å². The molecule has 0 saturated carbocycles. The Morgan fingerprint density at radius 1 is 0.533 bits per heavy atom. The molecule has 0 aromatic heterocycles. The second kappa shape index (κ2) is 8.27. The number of nitrogens with zero attached hydrogens (tertiary/aromatic N) is 1. The molecule has 0 aliphatic carbocycles. The van der Waals surface area contributed by atoms with E-state index in [1.807, 2.05) is 12.1 Å². The van der Waals surface area contributed by atoms with E-state index in [2.05, 4.69) is 95.0 Å². The Kier molecular flexibility index (Phi) is 6.09. The number of hydrogen-bond acceptors (Lipinski definition) is 3. The minimum absolute atomic E-state index is 0.0821. The van der Waals surface area contributed by atoms with Gasteiger partial charge in [0.25, 0.3) is 0 Å². The summed E-state index contributed by atoms with van der Waals surface area (Å²) in [5, 5.41) is 0. The topological polar surface area (TPSA) is 37.4 Å². The van der Waals surface area contributed by atoms with Crippen LogP contribution in [0.4, 0.5) is 17.1 Å². The molecular formula is C26H31NO2S. The van der Waals surface area contributed by atoms with Crippen LogP contribution in [0.15, 0.2) is 77.7 Å². The molecule has 0 saturated heterocycles. The van der Waals surface area contributed by atoms with Gasteiger partial charge in [0.1, 0.15) is 0 Å². The summed E-state index contributed by atoms with van der Waals surface area (Å²) in [5.41, 5.74) is 5.69. The van der Waals surface area contributed by atoms with Crippen molar-refractivity contribution in [2.24, 2.45) is 0 Å². The van der Waals surface area contributed by atoms with Crippen LogP contribution in [-0.4, -0.2) is 8.42 Å². The molecule has 0 heterocycles. The molecule has 3 nitrogen and oxygen atoms in total. The van der Waals surface area contributed by atoms with Crippen molar-refractivity contribution in [1.82, 2.24) is 0 Å². The summed E-state index contributed by atoms with van der Waals surface area (Å²) in [6.07, 6.45) is 0. The van der Waals surface area contributed by atoms with Crippen LogP contribution in [-0.2, 0) is 21.5 Å². The van der Waals surface area contributed by atoms with Crippen molar-refractivity contribution in [1.29, 1.82) is 0 Å². The van der Waals surface area contributed by atoms with Gasteiger partial charge in [-0.15, -0.1) is 0 Å². The van der Waals surface area contributed by atoms with Crippen LogP contribution >= 0.6 is 0 Å². The number of hydrogen-bond donors (Lipinski definition) is 1. The van der Waals surface area contributed by atoms with Gasteiger partial charge in [0.2, 0.25) is 0 Å². The second-order valence-corrected chi connectivity index (χ2v) is 10.7. The molecule has 0 aliphatic heterocycles. The highest BCUT2D eigenvalue weighted by molar-refractivity contribution is 7.72. The molecule has 0 unspecified atom stereocenters. The number of anilines is 3. The Labute approximate surface area is 182 Å². The fraction of sp³-hybridized carbons (Fsp3) is 0.308. The maximum atomic E-state index is 11.3. The normalized spacial score (nSPS) is 12.2. The fourth-order valence-corrected chi connectivity index (χ4v) is 3.78. The minimum atomic E-state index is -2.59. The molecule has 0 radical (unpaired) electrons. The van der Waals surface area contributed by atoms with Gasteiger partial charge in [-0.2, -0.15) is 0 Å². The fourth-order valence-electron chi connectivity index (χ4n) is 3.39. The predicted molar refractivity (Wildman–Crippen MR) is 127 cm³/mol. The van der Waals surface area contributed by atoms with E-state index in [4.69, 9.17) is 0 Å². The van der Waals surface area contributed by atoms with Gasteiger partial charge < -0.3 is 4.90 Å². The molecule has 3 aromatic rings. The maximum Gasteiger partial charge on any atom is 0.168 e. The van der Waals surface area contributed by atoms with Crippen LogP contribution in [0.1, 0.15) is 52.7 Å². The monoisotopic (exact) mass is 421 g/mol. The van der Waals surface area contributed by atoms with Crippen molar-refractivity contribution >= 4 is 27.8 Å². The highest BCUT2D eigenvalue weighted by Crippen LogP contribution is 2.37. The molecule has 0 spiro atoms. The molecule has 3 rings (SSSR count). The molecule has 0 atom stereocenters. The van der Waals surface area contributed by atoms with Gasteiger partial charge in [0, 0.05) is 17.1 Å². The molecule has 0 aliphatic rings. The smallest absolute Gasteiger partial charge is 0.168 e. The second-order valence-electron chi connectivity index (χ2n) is 9.70. The summed E-state index contributed by atoms with van der Waals surface area (Å²) in [6, 6.07) is 24.2. The molecule has 30 heavy (non-hydrogen) atoms. The summed E-state index contributed by atoms with van der Waals surface area (Å²) in [7, 11) is -2.59. The van der Waals surface area contributed by atoms with Gasteiger partial charge in [-0.1, -0.05) is 65.8 Å². The van der Waals surface area contributed by atoms with Gasteiger partial charge in [-0.3, -0.25) is 0 Å². The lowest BCUT2D eigenvalue weighted by atomic mass is 9.86. The van der Waals surface area contributed by atoms with Crippen molar-refractivity contribution in [2.45, 2.75) is 57.3 Å². The Bertz CT molecular complexity index is 1000. The zero-order chi connectivity index (χ0) is 22.1. The minimum Gasteiger partial charge on any atom is -0.311 e. The zero-order valence-corrected chi connectivity index (χ0v) is 19.5. The SMILES string of the molecule is CC(C)(C)c1ccc(N(c2ccc([SH](=O)=O)cc2)c2ccc(C(C)(C)C)cc2)cc1. The lowest BCUT2D eigenvalue weighted by Crippen LogP contribution is -2.14. The summed E-state index contributed by atoms with van der Waals surface area (Å²) >= 11 is 0. The third kappa shape index (κ3) is 4.93. The maximum absolute atomic E-state index is 11.3. The summed E-state index contributed by atoms with van der Waals surface area (Å²) in [6.45, 7) is 13.2. The van der Waals surface area contributed by atoms with E-state index in [1.54, 1.807) is 12.1 Å². The highest BCUT2D eigenvalue weighted by Gasteiger charge is 2.18. The van der Waals surface area contributed by atoms with Crippen LogP contribution in [0, 0.1) is 0 Å². The van der Waals surface area contributed by atoms with E-state index in [9.17, 15) is 8.42 Å². The van der Waals surface area contributed by atoms with Crippen LogP contribution in [0.2, 0.25) is 0 Å². The quantitative estimate of drug-likeness (QED) is 0.475. The predicted octanol–water partition coefficient (Wildman–Crippen LogP) is 6.72. The van der Waals surface area contributed by atoms with Crippen molar-refractivity contribution in [3.8, 4) is 0 Å². The number of benzene rings is 3. The largest absolute Gasteiger partial charge is 0.311 e. The third-order valence-corrected chi connectivity index (χ3v) is 6.02. The van der Waals surface area contributed by atoms with Crippen molar-refractivity contribution in [2.75, 3.05) is 4.90 Å². The average Bonchev–Trinajstić information content (AvgIpc) is 2.68. The molecule has 3 aromatic carbocycles. The summed E-state index contributed by atoms with van der Waals surface area (Å²) in [5.74, 6) is 0. The van der Waals surface area contributed by atoms with Crippen molar-refractivity contribution < 1.29 is 8.42 Å². The van der Waals surface area contributed by atoms with Crippen molar-refractivity contribution in [3.05, 3.63) is 83.9 Å². The third-order valence-electron chi connectivity index (χ3n) is 5.30. The Balaban J connectivity index is 2.09. The first-order valence-electron chi connectivity index (χ1n) is 10.2. The molecule has 0 fully saturated rings. The summed E-state index contributed by atoms with van der Waals surface area (Å²) in [4.78, 5) is 2.47. The molecule has 0 bridgehead atoms. The van der Waals surface area contributed by atoms with Gasteiger partial charge in [0.15, 0.2) is 10.7 Å². The summed E-state index contributed by atoms with van der Waals surface area (Å²) < 4.78 is 22.6. The zero-order valence-electron chi connectivity index (χ0n) is 18.6. The van der Waals surface area contributed by atoms with E-state index in [0.29, 0.717) is 4.90 Å². The van der Waals surface area contributed by atoms with E-state index in [0.717, 1.165) is 17.1 Å². The van der Waals surface area contributed by atoms with Crippen molar-refractivity contribution in [3.63, 3.8) is 0 Å². The van der Waals surface area contributed by atoms with Gasteiger partial charge in [-0.05, 0) is 70.5 Å². The molecule has 0 N–H and O–H groups in total. The first-order chi connectivity index (χ1) is 14.0. The van der Waals surface area contributed by atoms with Crippen LogP contribution < -0.4 is 4.90 Å². The van der Waals surface area contributed by atoms with Crippen LogP contribution in [0.25, 0.3) is 0 Å². The molecule has 4 heteroatoms. The lowest BCUT2D eigenvalue weighted by Gasteiger charge is -2.28. The lowest BCUT2D eigenvalue weighted by molar-refractivity contribution is 0.590. The highest BCUT2D eigenvalue weighted by atomic mass is 32.2. The molecular weight excluding hydrogens is 390 g/mol. The van der Waals surface area contributed by atoms with Gasteiger partial charge in [0.05, 0.1) is 4.90 Å². The Hall–Kier alpha value is -2.59.